The number of fused-ring (bicyclic) bond motifs is 3. The first-order valence-electron chi connectivity index (χ1n) is 8.07. The Labute approximate surface area is 144 Å². The smallest absolute Gasteiger partial charge is 0.141 e. The van der Waals surface area contributed by atoms with Crippen molar-refractivity contribution < 1.29 is 9.84 Å². The van der Waals surface area contributed by atoms with Crippen molar-refractivity contribution in [3.63, 3.8) is 0 Å². The Hall–Kier alpha value is -0.790. The number of nitrogens with zero attached hydrogens (tertiary/aromatic N) is 3. The number of aromatic nitrogens is 2. The van der Waals surface area contributed by atoms with Gasteiger partial charge < -0.3 is 9.84 Å². The van der Waals surface area contributed by atoms with Crippen molar-refractivity contribution >= 4 is 33.2 Å². The quantitative estimate of drug-likeness (QED) is 0.840. The van der Waals surface area contributed by atoms with E-state index < -0.39 is 6.23 Å². The number of rotatable bonds is 2. The third-order valence-electron chi connectivity index (χ3n) is 5.02. The summed E-state index contributed by atoms with van der Waals surface area (Å²) in [6.45, 7) is 4.32. The average Bonchev–Trinajstić information content (AvgIpc) is 2.93. The highest BCUT2D eigenvalue weighted by atomic mass is 35.5. The van der Waals surface area contributed by atoms with E-state index in [4.69, 9.17) is 16.3 Å². The van der Waals surface area contributed by atoms with Crippen LogP contribution >= 0.6 is 22.9 Å². The van der Waals surface area contributed by atoms with Crippen molar-refractivity contribution in [2.45, 2.75) is 38.5 Å². The molecule has 1 aliphatic heterocycles. The summed E-state index contributed by atoms with van der Waals surface area (Å²) in [5, 5.41) is 12.4. The predicted octanol–water partition coefficient (Wildman–Crippen LogP) is 2.49. The lowest BCUT2D eigenvalue weighted by molar-refractivity contribution is -0.114. The molecule has 7 heteroatoms. The Morgan fingerprint density at radius 3 is 3.17 bits per heavy atom. The van der Waals surface area contributed by atoms with E-state index in [9.17, 15) is 5.11 Å². The molecule has 0 saturated carbocycles. The van der Waals surface area contributed by atoms with Crippen LogP contribution in [-0.4, -0.2) is 52.0 Å². The van der Waals surface area contributed by atoms with Gasteiger partial charge in [0, 0.05) is 23.4 Å². The molecular weight excluding hydrogens is 334 g/mol. The predicted molar refractivity (Wildman–Crippen MR) is 90.9 cm³/mol. The summed E-state index contributed by atoms with van der Waals surface area (Å²) in [7, 11) is 0. The van der Waals surface area contributed by atoms with E-state index in [1.165, 1.54) is 16.8 Å². The van der Waals surface area contributed by atoms with Crippen molar-refractivity contribution in [3.05, 3.63) is 21.9 Å². The molecule has 2 aromatic heterocycles. The highest BCUT2D eigenvalue weighted by Gasteiger charge is 2.34. The van der Waals surface area contributed by atoms with Crippen LogP contribution in [0.1, 0.15) is 23.8 Å². The van der Waals surface area contributed by atoms with E-state index in [1.807, 2.05) is 0 Å². The van der Waals surface area contributed by atoms with E-state index in [2.05, 4.69) is 21.8 Å². The van der Waals surface area contributed by atoms with Crippen LogP contribution in [0.5, 0.6) is 0 Å². The van der Waals surface area contributed by atoms with Crippen LogP contribution in [0.15, 0.2) is 6.33 Å². The number of hydrogen-bond acceptors (Lipinski definition) is 6. The molecule has 3 atom stereocenters. The van der Waals surface area contributed by atoms with E-state index in [0.29, 0.717) is 18.4 Å². The molecule has 1 N–H and O–H groups in total. The molecule has 0 amide bonds. The average molecular weight is 354 g/mol. The molecular formula is C16H20ClN3O2S. The Bertz CT molecular complexity index is 723. The first kappa shape index (κ1) is 15.7. The lowest BCUT2D eigenvalue weighted by Gasteiger charge is -2.41. The van der Waals surface area contributed by atoms with Crippen molar-refractivity contribution in [1.82, 2.24) is 14.9 Å². The van der Waals surface area contributed by atoms with Gasteiger partial charge in [-0.25, -0.2) is 9.97 Å². The third-order valence-corrected chi connectivity index (χ3v) is 6.47. The molecule has 1 aliphatic carbocycles. The fourth-order valence-electron chi connectivity index (χ4n) is 3.76. The molecule has 3 heterocycles. The maximum Gasteiger partial charge on any atom is 0.141 e. The zero-order valence-electron chi connectivity index (χ0n) is 13.0. The van der Waals surface area contributed by atoms with Gasteiger partial charge in [-0.1, -0.05) is 11.6 Å². The third kappa shape index (κ3) is 2.76. The van der Waals surface area contributed by atoms with Gasteiger partial charge in [0.25, 0.3) is 0 Å². The molecule has 0 spiro atoms. The monoisotopic (exact) mass is 353 g/mol. The van der Waals surface area contributed by atoms with Gasteiger partial charge in [0.1, 0.15) is 22.5 Å². The van der Waals surface area contributed by atoms with Crippen LogP contribution in [0.2, 0.25) is 5.15 Å². The first-order chi connectivity index (χ1) is 11.1. The second-order valence-corrected chi connectivity index (χ2v) is 7.87. The van der Waals surface area contributed by atoms with Crippen molar-refractivity contribution in [2.75, 3.05) is 19.8 Å². The highest BCUT2D eigenvalue weighted by Crippen LogP contribution is 2.40. The van der Waals surface area contributed by atoms with Gasteiger partial charge in [0.2, 0.25) is 0 Å². The van der Waals surface area contributed by atoms with Crippen LogP contribution in [-0.2, 0) is 17.6 Å². The summed E-state index contributed by atoms with van der Waals surface area (Å²) in [5.41, 5.74) is 1.29. The van der Waals surface area contributed by atoms with Crippen LogP contribution < -0.4 is 0 Å². The summed E-state index contributed by atoms with van der Waals surface area (Å²) in [4.78, 5) is 12.9. The molecule has 3 unspecified atom stereocenters. The Morgan fingerprint density at radius 1 is 1.48 bits per heavy atom. The van der Waals surface area contributed by atoms with E-state index in [0.717, 1.165) is 36.0 Å². The zero-order chi connectivity index (χ0) is 16.0. The fourth-order valence-corrected chi connectivity index (χ4v) is 5.34. The van der Waals surface area contributed by atoms with Gasteiger partial charge in [-0.05, 0) is 31.7 Å². The molecule has 5 nitrogen and oxygen atoms in total. The summed E-state index contributed by atoms with van der Waals surface area (Å²) in [6.07, 6.45) is 3.90. The lowest BCUT2D eigenvalue weighted by atomic mass is 9.86. The van der Waals surface area contributed by atoms with Crippen molar-refractivity contribution in [3.8, 4) is 0 Å². The van der Waals surface area contributed by atoms with Crippen LogP contribution in [0.4, 0.5) is 0 Å². The number of morpholine rings is 1. The SMILES string of the molecule is CC1COCCN1C(O)C1CCc2c(sc3ncnc(Cl)c23)C1. The second kappa shape index (κ2) is 6.26. The molecule has 0 bridgehead atoms. The van der Waals surface area contributed by atoms with Gasteiger partial charge >= 0.3 is 0 Å². The second-order valence-electron chi connectivity index (χ2n) is 6.43. The van der Waals surface area contributed by atoms with Gasteiger partial charge in [-0.2, -0.15) is 0 Å². The zero-order valence-corrected chi connectivity index (χ0v) is 14.6. The van der Waals surface area contributed by atoms with E-state index in [-0.39, 0.29) is 12.0 Å². The van der Waals surface area contributed by atoms with Gasteiger partial charge in [0.05, 0.1) is 18.6 Å². The highest BCUT2D eigenvalue weighted by molar-refractivity contribution is 7.19. The van der Waals surface area contributed by atoms with Gasteiger partial charge in [-0.3, -0.25) is 4.90 Å². The molecule has 2 aromatic rings. The summed E-state index contributed by atoms with van der Waals surface area (Å²) in [6, 6.07) is 0.267. The number of ether oxygens (including phenoxy) is 1. The lowest BCUT2D eigenvalue weighted by Crippen LogP contribution is -2.52. The summed E-state index contributed by atoms with van der Waals surface area (Å²) >= 11 is 7.95. The minimum absolute atomic E-state index is 0.253. The topological polar surface area (TPSA) is 58.5 Å². The summed E-state index contributed by atoms with van der Waals surface area (Å²) < 4.78 is 5.48. The molecule has 0 aromatic carbocycles. The molecule has 4 rings (SSSR count). The number of thiophene rings is 1. The van der Waals surface area contributed by atoms with Gasteiger partial charge in [0.15, 0.2) is 0 Å². The van der Waals surface area contributed by atoms with Gasteiger partial charge in [-0.15, -0.1) is 11.3 Å². The largest absolute Gasteiger partial charge is 0.379 e. The normalized spacial score (nSPS) is 27.1. The standard InChI is InChI=1S/C16H20ClN3O2S/c1-9-7-22-5-4-20(9)16(21)10-2-3-11-12(6-10)23-15-13(11)14(17)18-8-19-15/h8-10,16,21H,2-7H2,1H3. The maximum atomic E-state index is 10.8. The first-order valence-corrected chi connectivity index (χ1v) is 9.27. The van der Waals surface area contributed by atoms with Crippen molar-refractivity contribution in [1.29, 1.82) is 0 Å². The van der Waals surface area contributed by atoms with Crippen LogP contribution in [0, 0.1) is 5.92 Å². The minimum atomic E-state index is -0.409. The minimum Gasteiger partial charge on any atom is -0.379 e. The molecule has 1 saturated heterocycles. The van der Waals surface area contributed by atoms with E-state index >= 15 is 0 Å². The molecule has 1 fully saturated rings. The number of aliphatic hydroxyl groups is 1. The Morgan fingerprint density at radius 2 is 2.35 bits per heavy atom. The number of aryl methyl sites for hydroxylation is 1. The maximum absolute atomic E-state index is 10.8. The summed E-state index contributed by atoms with van der Waals surface area (Å²) in [5.74, 6) is 0.253. The number of halogens is 1. The Balaban J connectivity index is 1.59. The van der Waals surface area contributed by atoms with Crippen LogP contribution in [0.3, 0.4) is 0 Å². The van der Waals surface area contributed by atoms with Crippen molar-refractivity contribution in [2.24, 2.45) is 5.92 Å². The number of hydrogen-bond donors (Lipinski definition) is 1. The fraction of sp³-hybridized carbons (Fsp3) is 0.625. The molecule has 0 radical (unpaired) electrons. The molecule has 2 aliphatic rings. The van der Waals surface area contributed by atoms with E-state index in [1.54, 1.807) is 11.3 Å². The molecule has 124 valence electrons. The number of aliphatic hydroxyl groups excluding tert-OH is 1. The Kier molecular flexibility index (Phi) is 4.28. The molecule has 23 heavy (non-hydrogen) atoms. The van der Waals surface area contributed by atoms with Crippen LogP contribution in [0.25, 0.3) is 10.2 Å².